The molecule has 1 aliphatic heterocycles. The first-order chi connectivity index (χ1) is 14.6. The van der Waals surface area contributed by atoms with Crippen molar-refractivity contribution in [2.24, 2.45) is 0 Å². The van der Waals surface area contributed by atoms with E-state index in [1.807, 2.05) is 29.6 Å². The highest BCUT2D eigenvalue weighted by Crippen LogP contribution is 2.30. The summed E-state index contributed by atoms with van der Waals surface area (Å²) in [5.74, 6) is 1.02. The second-order valence-electron chi connectivity index (χ2n) is 6.76. The fourth-order valence-electron chi connectivity index (χ4n) is 3.16. The predicted molar refractivity (Wildman–Crippen MR) is 115 cm³/mol. The van der Waals surface area contributed by atoms with Crippen molar-refractivity contribution in [1.82, 2.24) is 15.3 Å². The maximum Gasteiger partial charge on any atom is 0.252 e. The van der Waals surface area contributed by atoms with E-state index < -0.39 is 0 Å². The smallest absolute Gasteiger partial charge is 0.252 e. The Labute approximate surface area is 177 Å². The summed E-state index contributed by atoms with van der Waals surface area (Å²) in [6, 6.07) is 9.24. The van der Waals surface area contributed by atoms with Gasteiger partial charge >= 0.3 is 0 Å². The Morgan fingerprint density at radius 1 is 1.30 bits per heavy atom. The molecule has 0 bridgehead atoms. The molecule has 1 aromatic carbocycles. The van der Waals surface area contributed by atoms with E-state index in [0.717, 1.165) is 17.0 Å². The third kappa shape index (κ3) is 4.41. The van der Waals surface area contributed by atoms with Gasteiger partial charge in [0, 0.05) is 24.5 Å². The Kier molecular flexibility index (Phi) is 5.89. The molecule has 2 N–H and O–H groups in total. The second kappa shape index (κ2) is 8.91. The van der Waals surface area contributed by atoms with E-state index in [4.69, 9.17) is 4.74 Å². The molecule has 30 heavy (non-hydrogen) atoms. The average molecular weight is 423 g/mol. The van der Waals surface area contributed by atoms with E-state index in [1.165, 1.54) is 17.5 Å². The fraction of sp³-hybridized carbons (Fsp3) is 0.238. The molecule has 9 heteroatoms. The molecule has 1 aliphatic rings. The highest BCUT2D eigenvalue weighted by atomic mass is 32.1. The lowest BCUT2D eigenvalue weighted by Gasteiger charge is -2.29. The standard InChI is InChI=1S/C21H21N5O3S/c1-29-17-4-2-14(3-5-17)11-26-18-8-15(9-23-20(18)24-10-19(26)27)21(28)22-7-6-16-12-30-13-25-16/h2-5,8-9,12-13H,6-7,10-11H2,1H3,(H,22,28)(H,23,24). The Morgan fingerprint density at radius 3 is 2.87 bits per heavy atom. The second-order valence-corrected chi connectivity index (χ2v) is 7.48. The summed E-state index contributed by atoms with van der Waals surface area (Å²) < 4.78 is 5.19. The van der Waals surface area contributed by atoms with Crippen molar-refractivity contribution >= 4 is 34.7 Å². The summed E-state index contributed by atoms with van der Waals surface area (Å²) in [5, 5.41) is 7.85. The van der Waals surface area contributed by atoms with E-state index in [1.54, 1.807) is 23.6 Å². The SMILES string of the molecule is COc1ccc(CN2C(=O)CNc3ncc(C(=O)NCCc4cscn4)cc32)cc1. The summed E-state index contributed by atoms with van der Waals surface area (Å²) >= 11 is 1.53. The van der Waals surface area contributed by atoms with Crippen molar-refractivity contribution in [3.63, 3.8) is 0 Å². The molecule has 3 heterocycles. The maximum atomic E-state index is 12.6. The van der Waals surface area contributed by atoms with Crippen molar-refractivity contribution in [2.75, 3.05) is 30.4 Å². The Morgan fingerprint density at radius 2 is 2.13 bits per heavy atom. The van der Waals surface area contributed by atoms with Gasteiger partial charge in [-0.25, -0.2) is 9.97 Å². The number of benzene rings is 1. The van der Waals surface area contributed by atoms with Crippen LogP contribution in [0.5, 0.6) is 5.75 Å². The number of hydrogen-bond donors (Lipinski definition) is 2. The normalized spacial score (nSPS) is 12.8. The molecule has 0 aliphatic carbocycles. The number of amides is 2. The topological polar surface area (TPSA) is 96.5 Å². The number of anilines is 2. The van der Waals surface area contributed by atoms with Crippen LogP contribution in [0, 0.1) is 0 Å². The van der Waals surface area contributed by atoms with Crippen LogP contribution in [0.3, 0.4) is 0 Å². The number of hydrogen-bond acceptors (Lipinski definition) is 7. The van der Waals surface area contributed by atoms with E-state index in [-0.39, 0.29) is 18.4 Å². The van der Waals surface area contributed by atoms with Crippen LogP contribution in [0.2, 0.25) is 0 Å². The molecule has 0 saturated heterocycles. The first-order valence-electron chi connectivity index (χ1n) is 9.46. The van der Waals surface area contributed by atoms with Gasteiger partial charge in [-0.3, -0.25) is 9.59 Å². The van der Waals surface area contributed by atoms with E-state index >= 15 is 0 Å². The van der Waals surface area contributed by atoms with Crippen molar-refractivity contribution in [2.45, 2.75) is 13.0 Å². The van der Waals surface area contributed by atoms with Gasteiger partial charge in [0.2, 0.25) is 5.91 Å². The van der Waals surface area contributed by atoms with E-state index in [9.17, 15) is 9.59 Å². The molecular weight excluding hydrogens is 402 g/mol. The van der Waals surface area contributed by atoms with Gasteiger partial charge in [-0.05, 0) is 23.8 Å². The first kappa shape index (κ1) is 19.8. The third-order valence-corrected chi connectivity index (χ3v) is 5.41. The number of fused-ring (bicyclic) bond motifs is 1. The van der Waals surface area contributed by atoms with Gasteiger partial charge in [0.1, 0.15) is 5.75 Å². The van der Waals surface area contributed by atoms with Crippen LogP contribution < -0.4 is 20.3 Å². The van der Waals surface area contributed by atoms with Gasteiger partial charge in [0.05, 0.1) is 42.7 Å². The van der Waals surface area contributed by atoms with Gasteiger partial charge < -0.3 is 20.3 Å². The molecule has 0 saturated carbocycles. The number of nitrogens with one attached hydrogen (secondary N) is 2. The highest BCUT2D eigenvalue weighted by Gasteiger charge is 2.26. The Balaban J connectivity index is 1.49. The minimum atomic E-state index is -0.233. The number of pyridine rings is 1. The maximum absolute atomic E-state index is 12.6. The number of carbonyl (C=O) groups excluding carboxylic acids is 2. The zero-order valence-corrected chi connectivity index (χ0v) is 17.2. The summed E-state index contributed by atoms with van der Waals surface area (Å²) in [6.45, 7) is 1.02. The van der Waals surface area contributed by atoms with Gasteiger partial charge in [-0.15, -0.1) is 11.3 Å². The number of aromatic nitrogens is 2. The number of methoxy groups -OCH3 is 1. The molecule has 3 aromatic rings. The molecule has 0 radical (unpaired) electrons. The molecule has 0 fully saturated rings. The van der Waals surface area contributed by atoms with Crippen molar-refractivity contribution in [3.05, 3.63) is 64.2 Å². The summed E-state index contributed by atoms with van der Waals surface area (Å²) in [7, 11) is 1.61. The van der Waals surface area contributed by atoms with Gasteiger partial charge in [-0.1, -0.05) is 12.1 Å². The monoisotopic (exact) mass is 423 g/mol. The number of ether oxygens (including phenoxy) is 1. The van der Waals surface area contributed by atoms with Crippen LogP contribution in [0.15, 0.2) is 47.4 Å². The summed E-state index contributed by atoms with van der Waals surface area (Å²) in [5.41, 5.74) is 4.67. The van der Waals surface area contributed by atoms with Crippen LogP contribution in [0.25, 0.3) is 0 Å². The van der Waals surface area contributed by atoms with Crippen molar-refractivity contribution in [1.29, 1.82) is 0 Å². The lowest BCUT2D eigenvalue weighted by molar-refractivity contribution is -0.117. The predicted octanol–water partition coefficient (Wildman–Crippen LogP) is 2.48. The van der Waals surface area contributed by atoms with E-state index in [0.29, 0.717) is 36.6 Å². The quantitative estimate of drug-likeness (QED) is 0.606. The average Bonchev–Trinajstić information content (AvgIpc) is 3.29. The molecular formula is C21H21N5O3S. The Hall–Kier alpha value is -3.46. The number of rotatable bonds is 7. The number of thiazole rings is 1. The lowest BCUT2D eigenvalue weighted by Crippen LogP contribution is -2.40. The molecule has 2 aromatic heterocycles. The van der Waals surface area contributed by atoms with Gasteiger partial charge in [-0.2, -0.15) is 0 Å². The molecule has 0 spiro atoms. The molecule has 2 amide bonds. The minimum Gasteiger partial charge on any atom is -0.497 e. The van der Waals surface area contributed by atoms with Gasteiger partial charge in [0.25, 0.3) is 5.91 Å². The van der Waals surface area contributed by atoms with Crippen LogP contribution in [-0.2, 0) is 17.8 Å². The van der Waals surface area contributed by atoms with Crippen LogP contribution in [-0.4, -0.2) is 42.0 Å². The van der Waals surface area contributed by atoms with Crippen LogP contribution >= 0.6 is 11.3 Å². The first-order valence-corrected chi connectivity index (χ1v) is 10.4. The number of carbonyl (C=O) groups is 2. The van der Waals surface area contributed by atoms with Crippen molar-refractivity contribution in [3.8, 4) is 5.75 Å². The molecule has 8 nitrogen and oxygen atoms in total. The van der Waals surface area contributed by atoms with Crippen molar-refractivity contribution < 1.29 is 14.3 Å². The van der Waals surface area contributed by atoms with Gasteiger partial charge in [0.15, 0.2) is 5.82 Å². The largest absolute Gasteiger partial charge is 0.497 e. The fourth-order valence-corrected chi connectivity index (χ4v) is 3.76. The molecule has 0 unspecified atom stereocenters. The lowest BCUT2D eigenvalue weighted by atomic mass is 10.1. The molecule has 4 rings (SSSR count). The number of nitrogens with zero attached hydrogens (tertiary/aromatic N) is 3. The summed E-state index contributed by atoms with van der Waals surface area (Å²) in [6.07, 6.45) is 2.18. The van der Waals surface area contributed by atoms with Crippen LogP contribution in [0.1, 0.15) is 21.6 Å². The Bertz CT molecular complexity index is 1040. The minimum absolute atomic E-state index is 0.0822. The summed E-state index contributed by atoms with van der Waals surface area (Å²) in [4.78, 5) is 35.4. The molecule has 154 valence electrons. The highest BCUT2D eigenvalue weighted by molar-refractivity contribution is 7.07. The zero-order valence-electron chi connectivity index (χ0n) is 16.4. The zero-order chi connectivity index (χ0) is 20.9. The van der Waals surface area contributed by atoms with E-state index in [2.05, 4.69) is 20.6 Å². The molecule has 0 atom stereocenters. The third-order valence-electron chi connectivity index (χ3n) is 4.78. The van der Waals surface area contributed by atoms with Crippen LogP contribution in [0.4, 0.5) is 11.5 Å².